The number of aliphatic carboxylic acids is 1. The number of hydrogen-bond acceptors (Lipinski definition) is 4. The van der Waals surface area contributed by atoms with Crippen molar-refractivity contribution < 1.29 is 24.5 Å². The molecule has 112 valence electrons. The number of rotatable bonds is 7. The van der Waals surface area contributed by atoms with Crippen LogP contribution in [0.25, 0.3) is 0 Å². The van der Waals surface area contributed by atoms with Crippen molar-refractivity contribution in [3.05, 3.63) is 22.7 Å². The van der Waals surface area contributed by atoms with Crippen molar-refractivity contribution in [3.63, 3.8) is 0 Å². The fourth-order valence-corrected chi connectivity index (χ4v) is 2.40. The van der Waals surface area contributed by atoms with Crippen LogP contribution < -0.4 is 9.47 Å². The third kappa shape index (κ3) is 4.02. The Bertz CT molecular complexity index is 475. The van der Waals surface area contributed by atoms with Crippen LogP contribution in [0.4, 0.5) is 0 Å². The summed E-state index contributed by atoms with van der Waals surface area (Å²) in [7, 11) is 2.95. The van der Waals surface area contributed by atoms with E-state index >= 15 is 0 Å². The standard InChI is InChI=1S/C14H19ClO5/c1-8(7-12(17)18)6-10(16)9-4-5-11(19-2)13(15)14(9)20-3/h4-5,8,10,16H,6-7H2,1-3H3,(H,17,18). The van der Waals surface area contributed by atoms with Gasteiger partial charge in [-0.25, -0.2) is 0 Å². The van der Waals surface area contributed by atoms with Crippen molar-refractivity contribution >= 4 is 17.6 Å². The lowest BCUT2D eigenvalue weighted by Crippen LogP contribution is -2.10. The van der Waals surface area contributed by atoms with Gasteiger partial charge in [0.05, 0.1) is 20.3 Å². The maximum Gasteiger partial charge on any atom is 0.303 e. The molecule has 2 unspecified atom stereocenters. The van der Waals surface area contributed by atoms with E-state index < -0.39 is 12.1 Å². The van der Waals surface area contributed by atoms with E-state index in [2.05, 4.69) is 0 Å². The summed E-state index contributed by atoms with van der Waals surface area (Å²) in [6.07, 6.45) is -0.531. The highest BCUT2D eigenvalue weighted by atomic mass is 35.5. The molecule has 1 aromatic rings. The quantitative estimate of drug-likeness (QED) is 0.810. The molecule has 0 spiro atoms. The van der Waals surface area contributed by atoms with E-state index in [1.807, 2.05) is 0 Å². The first-order chi connectivity index (χ1) is 9.40. The Morgan fingerprint density at radius 1 is 1.35 bits per heavy atom. The number of halogens is 1. The van der Waals surface area contributed by atoms with Crippen molar-refractivity contribution in [2.75, 3.05) is 14.2 Å². The summed E-state index contributed by atoms with van der Waals surface area (Å²) in [5, 5.41) is 19.3. The zero-order chi connectivity index (χ0) is 15.3. The molecular formula is C14H19ClO5. The van der Waals surface area contributed by atoms with Gasteiger partial charge in [-0.15, -0.1) is 0 Å². The Morgan fingerprint density at radius 3 is 2.50 bits per heavy atom. The first-order valence-electron chi connectivity index (χ1n) is 6.20. The van der Waals surface area contributed by atoms with Crippen molar-refractivity contribution in [2.24, 2.45) is 5.92 Å². The highest BCUT2D eigenvalue weighted by molar-refractivity contribution is 6.33. The molecule has 0 fully saturated rings. The van der Waals surface area contributed by atoms with Crippen molar-refractivity contribution in [2.45, 2.75) is 25.9 Å². The fourth-order valence-electron chi connectivity index (χ4n) is 2.07. The Kier molecular flexibility index (Phi) is 6.10. The SMILES string of the molecule is COc1ccc(C(O)CC(C)CC(=O)O)c(OC)c1Cl. The minimum atomic E-state index is -0.885. The molecule has 0 aliphatic heterocycles. The van der Waals surface area contributed by atoms with Gasteiger partial charge in [-0.2, -0.15) is 0 Å². The third-order valence-corrected chi connectivity index (χ3v) is 3.38. The van der Waals surface area contributed by atoms with Gasteiger partial charge in [-0.1, -0.05) is 18.5 Å². The number of aliphatic hydroxyl groups is 1. The second-order valence-corrected chi connectivity index (χ2v) is 5.04. The van der Waals surface area contributed by atoms with Crippen LogP contribution in [0.15, 0.2) is 12.1 Å². The summed E-state index contributed by atoms with van der Waals surface area (Å²) in [4.78, 5) is 10.6. The van der Waals surface area contributed by atoms with Crippen LogP contribution in [0.3, 0.4) is 0 Å². The molecule has 1 rings (SSSR count). The normalized spacial score (nSPS) is 13.7. The number of aliphatic hydroxyl groups excluding tert-OH is 1. The van der Waals surface area contributed by atoms with Crippen LogP contribution in [-0.4, -0.2) is 30.4 Å². The van der Waals surface area contributed by atoms with Crippen LogP contribution in [-0.2, 0) is 4.79 Å². The largest absolute Gasteiger partial charge is 0.495 e. The number of methoxy groups -OCH3 is 2. The molecule has 0 aliphatic carbocycles. The van der Waals surface area contributed by atoms with E-state index in [-0.39, 0.29) is 17.4 Å². The molecule has 0 aliphatic rings. The summed E-state index contributed by atoms with van der Waals surface area (Å²) < 4.78 is 10.3. The van der Waals surface area contributed by atoms with E-state index in [4.69, 9.17) is 26.2 Å². The van der Waals surface area contributed by atoms with Crippen LogP contribution in [0, 0.1) is 5.92 Å². The highest BCUT2D eigenvalue weighted by Gasteiger charge is 2.21. The predicted molar refractivity (Wildman–Crippen MR) is 75.5 cm³/mol. The second kappa shape index (κ2) is 7.36. The molecule has 2 atom stereocenters. The molecule has 5 nitrogen and oxygen atoms in total. The minimum Gasteiger partial charge on any atom is -0.495 e. The van der Waals surface area contributed by atoms with Gasteiger partial charge < -0.3 is 19.7 Å². The summed E-state index contributed by atoms with van der Waals surface area (Å²) in [5.74, 6) is -0.239. The molecule has 0 heterocycles. The zero-order valence-corrected chi connectivity index (χ0v) is 12.5. The Morgan fingerprint density at radius 2 is 2.00 bits per heavy atom. The van der Waals surface area contributed by atoms with E-state index in [0.717, 1.165) is 0 Å². The average molecular weight is 303 g/mol. The van der Waals surface area contributed by atoms with Crippen LogP contribution >= 0.6 is 11.6 Å². The minimum absolute atomic E-state index is 0.00324. The fraction of sp³-hybridized carbons (Fsp3) is 0.500. The topological polar surface area (TPSA) is 76.0 Å². The number of benzene rings is 1. The molecule has 20 heavy (non-hydrogen) atoms. The van der Waals surface area contributed by atoms with Crippen LogP contribution in [0.5, 0.6) is 11.5 Å². The molecule has 0 saturated carbocycles. The summed E-state index contributed by atoms with van der Waals surface area (Å²) in [6, 6.07) is 3.31. The van der Waals surface area contributed by atoms with Gasteiger partial charge in [0.1, 0.15) is 16.5 Å². The number of carboxylic acid groups (broad SMARTS) is 1. The van der Waals surface area contributed by atoms with E-state index in [0.29, 0.717) is 23.5 Å². The maximum absolute atomic E-state index is 10.6. The molecule has 0 bridgehead atoms. The van der Waals surface area contributed by atoms with Gasteiger partial charge >= 0.3 is 5.97 Å². The maximum atomic E-state index is 10.6. The summed E-state index contributed by atoms with van der Waals surface area (Å²) in [5.41, 5.74) is 0.524. The molecule has 0 radical (unpaired) electrons. The number of carboxylic acids is 1. The lowest BCUT2D eigenvalue weighted by atomic mass is 9.95. The lowest BCUT2D eigenvalue weighted by molar-refractivity contribution is -0.138. The Hall–Kier alpha value is -1.46. The molecule has 0 saturated heterocycles. The summed E-state index contributed by atoms with van der Waals surface area (Å²) >= 11 is 6.12. The van der Waals surface area contributed by atoms with Crippen LogP contribution in [0.1, 0.15) is 31.4 Å². The molecule has 2 N–H and O–H groups in total. The van der Waals surface area contributed by atoms with Gasteiger partial charge in [0.2, 0.25) is 0 Å². The number of carbonyl (C=O) groups is 1. The highest BCUT2D eigenvalue weighted by Crippen LogP contribution is 2.40. The van der Waals surface area contributed by atoms with E-state index in [9.17, 15) is 9.90 Å². The number of hydrogen-bond donors (Lipinski definition) is 2. The molecular weight excluding hydrogens is 284 g/mol. The number of ether oxygens (including phenoxy) is 2. The first-order valence-corrected chi connectivity index (χ1v) is 6.58. The smallest absolute Gasteiger partial charge is 0.303 e. The second-order valence-electron chi connectivity index (χ2n) is 4.66. The third-order valence-electron chi connectivity index (χ3n) is 3.02. The average Bonchev–Trinajstić information content (AvgIpc) is 2.36. The van der Waals surface area contributed by atoms with Gasteiger partial charge in [0.15, 0.2) is 0 Å². The summed E-state index contributed by atoms with van der Waals surface area (Å²) in [6.45, 7) is 1.77. The molecule has 0 aromatic heterocycles. The lowest BCUT2D eigenvalue weighted by Gasteiger charge is -2.19. The van der Waals surface area contributed by atoms with Gasteiger partial charge in [0, 0.05) is 12.0 Å². The van der Waals surface area contributed by atoms with E-state index in [1.54, 1.807) is 19.1 Å². The first kappa shape index (κ1) is 16.6. The van der Waals surface area contributed by atoms with Gasteiger partial charge in [0.25, 0.3) is 0 Å². The predicted octanol–water partition coefficient (Wildman–Crippen LogP) is 2.89. The van der Waals surface area contributed by atoms with Crippen molar-refractivity contribution in [1.29, 1.82) is 0 Å². The molecule has 0 amide bonds. The Balaban J connectivity index is 2.95. The van der Waals surface area contributed by atoms with Crippen molar-refractivity contribution in [3.8, 4) is 11.5 Å². The van der Waals surface area contributed by atoms with Crippen LogP contribution in [0.2, 0.25) is 5.02 Å². The molecule has 1 aromatic carbocycles. The Labute approximate surface area is 123 Å². The monoisotopic (exact) mass is 302 g/mol. The van der Waals surface area contributed by atoms with E-state index in [1.165, 1.54) is 14.2 Å². The van der Waals surface area contributed by atoms with Gasteiger partial charge in [-0.05, 0) is 24.5 Å². The van der Waals surface area contributed by atoms with Crippen molar-refractivity contribution in [1.82, 2.24) is 0 Å². The zero-order valence-electron chi connectivity index (χ0n) is 11.7. The van der Waals surface area contributed by atoms with Gasteiger partial charge in [-0.3, -0.25) is 4.79 Å². The molecule has 6 heteroatoms.